The van der Waals surface area contributed by atoms with E-state index in [4.69, 9.17) is 0 Å². The van der Waals surface area contributed by atoms with Crippen molar-refractivity contribution in [1.29, 1.82) is 0 Å². The topological polar surface area (TPSA) is 0 Å². The van der Waals surface area contributed by atoms with E-state index in [1.165, 1.54) is 23.2 Å². The van der Waals surface area contributed by atoms with Crippen LogP contribution in [-0.4, -0.2) is 18.4 Å². The molecule has 1 aliphatic rings. The molecule has 0 bridgehead atoms. The summed E-state index contributed by atoms with van der Waals surface area (Å²) in [5, 5.41) is 0. The van der Waals surface area contributed by atoms with Gasteiger partial charge in [-0.05, 0) is 0 Å². The molecule has 1 aliphatic carbocycles. The average molecular weight is 247 g/mol. The Kier molecular flexibility index (Phi) is 3.08. The van der Waals surface area contributed by atoms with Crippen LogP contribution in [0.15, 0.2) is 0 Å². The summed E-state index contributed by atoms with van der Waals surface area (Å²) in [6.45, 7) is 0. The molecule has 0 saturated heterocycles. The molecular formula is C9H20Sn. The quantitative estimate of drug-likeness (QED) is 0.620. The molecule has 0 aliphatic heterocycles. The molecule has 0 amide bonds. The first-order chi connectivity index (χ1) is 4.61. The van der Waals surface area contributed by atoms with Gasteiger partial charge < -0.3 is 0 Å². The van der Waals surface area contributed by atoms with Gasteiger partial charge in [-0.2, -0.15) is 0 Å². The van der Waals surface area contributed by atoms with Crippen molar-refractivity contribution in [1.82, 2.24) is 0 Å². The zero-order valence-corrected chi connectivity index (χ0v) is 10.5. The van der Waals surface area contributed by atoms with Crippen molar-refractivity contribution in [3.8, 4) is 0 Å². The van der Waals surface area contributed by atoms with Crippen LogP contribution >= 0.6 is 0 Å². The molecule has 0 aromatic carbocycles. The van der Waals surface area contributed by atoms with Crippen LogP contribution in [0.5, 0.6) is 0 Å². The van der Waals surface area contributed by atoms with Gasteiger partial charge >= 0.3 is 69.2 Å². The zero-order valence-electron chi connectivity index (χ0n) is 7.61. The summed E-state index contributed by atoms with van der Waals surface area (Å²) in [7, 11) is 0. The van der Waals surface area contributed by atoms with Crippen LogP contribution in [0, 0.1) is 0 Å². The molecule has 10 heavy (non-hydrogen) atoms. The Hall–Kier alpha value is 0.799. The summed E-state index contributed by atoms with van der Waals surface area (Å²) in [5.41, 5.74) is 0. The molecule has 1 rings (SSSR count). The van der Waals surface area contributed by atoms with Crippen LogP contribution in [0.1, 0.15) is 32.1 Å². The fourth-order valence-corrected chi connectivity index (χ4v) is 8.08. The van der Waals surface area contributed by atoms with Crippen molar-refractivity contribution in [2.24, 2.45) is 0 Å². The first-order valence-electron chi connectivity index (χ1n) is 4.61. The third-order valence-corrected chi connectivity index (χ3v) is 11.5. The summed E-state index contributed by atoms with van der Waals surface area (Å²) in [5.74, 6) is 0. The van der Waals surface area contributed by atoms with Crippen LogP contribution in [-0.2, 0) is 0 Å². The van der Waals surface area contributed by atoms with Crippen molar-refractivity contribution in [3.05, 3.63) is 0 Å². The Labute approximate surface area is 69.3 Å². The van der Waals surface area contributed by atoms with Crippen molar-refractivity contribution in [2.75, 3.05) is 0 Å². The first-order valence-corrected chi connectivity index (χ1v) is 14.8. The molecule has 0 heterocycles. The fraction of sp³-hybridized carbons (Fsp3) is 1.00. The van der Waals surface area contributed by atoms with Crippen molar-refractivity contribution >= 4 is 18.4 Å². The van der Waals surface area contributed by atoms with Gasteiger partial charge in [0.2, 0.25) is 0 Å². The van der Waals surface area contributed by atoms with Crippen molar-refractivity contribution < 1.29 is 0 Å². The Morgan fingerprint density at radius 3 is 1.70 bits per heavy atom. The van der Waals surface area contributed by atoms with Crippen LogP contribution in [0.25, 0.3) is 0 Å². The van der Waals surface area contributed by atoms with E-state index in [1.54, 1.807) is 12.8 Å². The molecule has 0 atom stereocenters. The SMILES string of the molecule is [CH3][Sn]([CH3])([CH3])[CH]1CCCCC1. The Morgan fingerprint density at radius 1 is 0.900 bits per heavy atom. The summed E-state index contributed by atoms with van der Waals surface area (Å²) in [6.07, 6.45) is 7.70. The number of rotatable bonds is 1. The van der Waals surface area contributed by atoms with Gasteiger partial charge in [0.25, 0.3) is 0 Å². The molecule has 0 radical (unpaired) electrons. The third kappa shape index (κ3) is 2.44. The van der Waals surface area contributed by atoms with Gasteiger partial charge in [0.15, 0.2) is 0 Å². The van der Waals surface area contributed by atoms with E-state index < -0.39 is 18.4 Å². The Balaban J connectivity index is 2.39. The predicted molar refractivity (Wildman–Crippen MR) is 50.2 cm³/mol. The second-order valence-electron chi connectivity index (χ2n) is 4.70. The molecule has 0 nitrogen and oxygen atoms in total. The molecular weight excluding hydrogens is 227 g/mol. The first kappa shape index (κ1) is 8.89. The maximum atomic E-state index is 2.59. The third-order valence-electron chi connectivity index (χ3n) is 2.83. The molecule has 60 valence electrons. The van der Waals surface area contributed by atoms with Gasteiger partial charge in [0, 0.05) is 0 Å². The molecule has 0 aromatic heterocycles. The summed E-state index contributed by atoms with van der Waals surface area (Å²) in [6, 6.07) is 0. The Bertz CT molecular complexity index is 95.8. The van der Waals surface area contributed by atoms with E-state index in [-0.39, 0.29) is 0 Å². The molecule has 1 fully saturated rings. The van der Waals surface area contributed by atoms with Gasteiger partial charge in [-0.25, -0.2) is 0 Å². The van der Waals surface area contributed by atoms with E-state index in [1.807, 2.05) is 0 Å². The summed E-state index contributed by atoms with van der Waals surface area (Å²) < 4.78 is 1.21. The molecule has 0 unspecified atom stereocenters. The second-order valence-corrected chi connectivity index (χ2v) is 20.5. The van der Waals surface area contributed by atoms with E-state index in [0.29, 0.717) is 0 Å². The fourth-order valence-electron chi connectivity index (χ4n) is 1.97. The van der Waals surface area contributed by atoms with Gasteiger partial charge in [-0.1, -0.05) is 0 Å². The Morgan fingerprint density at radius 2 is 1.40 bits per heavy atom. The maximum absolute atomic E-state index is 2.59. The van der Waals surface area contributed by atoms with E-state index in [9.17, 15) is 0 Å². The second kappa shape index (κ2) is 3.46. The van der Waals surface area contributed by atoms with Crippen LogP contribution in [0.2, 0.25) is 18.8 Å². The normalized spacial score (nSPS) is 23.1. The molecule has 0 spiro atoms. The van der Waals surface area contributed by atoms with E-state index in [2.05, 4.69) is 14.8 Å². The minimum atomic E-state index is -1.44. The zero-order chi connectivity index (χ0) is 7.61. The van der Waals surface area contributed by atoms with Gasteiger partial charge in [0.1, 0.15) is 0 Å². The molecule has 1 heteroatoms. The van der Waals surface area contributed by atoms with Crippen LogP contribution in [0.3, 0.4) is 0 Å². The molecule has 0 aromatic rings. The van der Waals surface area contributed by atoms with Crippen molar-refractivity contribution in [2.45, 2.75) is 50.9 Å². The standard InChI is InChI=1S/C6H11.3CH3.Sn/c1-2-4-6-5-3-1;;;;/h1H,2-6H2;3*1H3;. The van der Waals surface area contributed by atoms with Crippen LogP contribution < -0.4 is 0 Å². The average Bonchev–Trinajstić information content (AvgIpc) is 1.88. The van der Waals surface area contributed by atoms with E-state index >= 15 is 0 Å². The van der Waals surface area contributed by atoms with Gasteiger partial charge in [0.05, 0.1) is 0 Å². The van der Waals surface area contributed by atoms with Crippen LogP contribution in [0.4, 0.5) is 0 Å². The van der Waals surface area contributed by atoms with Crippen molar-refractivity contribution in [3.63, 3.8) is 0 Å². The number of hydrogen-bond acceptors (Lipinski definition) is 0. The molecule has 1 saturated carbocycles. The summed E-state index contributed by atoms with van der Waals surface area (Å²) >= 11 is -1.44. The summed E-state index contributed by atoms with van der Waals surface area (Å²) in [4.78, 5) is 7.76. The minimum absolute atomic E-state index is 1.21. The predicted octanol–water partition coefficient (Wildman–Crippen LogP) is 3.66. The van der Waals surface area contributed by atoms with Gasteiger partial charge in [-0.3, -0.25) is 0 Å². The van der Waals surface area contributed by atoms with Gasteiger partial charge in [-0.15, -0.1) is 0 Å². The number of hydrogen-bond donors (Lipinski definition) is 0. The monoisotopic (exact) mass is 248 g/mol. The van der Waals surface area contributed by atoms with E-state index in [0.717, 1.165) is 0 Å². The molecule has 0 N–H and O–H groups in total.